The third-order valence-corrected chi connectivity index (χ3v) is 5.80. The zero-order valence-corrected chi connectivity index (χ0v) is 22.8. The average molecular weight is 555 g/mol. The van der Waals surface area contributed by atoms with Crippen LogP contribution in [0.15, 0.2) is 42.5 Å². The molecule has 0 amide bonds. The number of carbonyl (C=O) groups is 2. The van der Waals surface area contributed by atoms with Gasteiger partial charge < -0.3 is 49.5 Å². The van der Waals surface area contributed by atoms with Crippen molar-refractivity contribution in [3.05, 3.63) is 64.7 Å². The molecule has 14 heteroatoms. The Balaban J connectivity index is 0.00000507. The van der Waals surface area contributed by atoms with E-state index in [1.807, 2.05) is 0 Å². The summed E-state index contributed by atoms with van der Waals surface area (Å²) in [6.45, 7) is 0. The number of rotatable bonds is 10. The van der Waals surface area contributed by atoms with E-state index in [4.69, 9.17) is 0 Å². The number of carbonyl (C=O) groups excluding carboxylic acids is 2. The fourth-order valence-electron chi connectivity index (χ4n) is 3.84. The summed E-state index contributed by atoms with van der Waals surface area (Å²) < 4.78 is 15.8. The number of aromatic hydroxyl groups is 6. The fraction of sp³-hybridized carbons (Fsp3) is 0.167. The smallest absolute Gasteiger partial charge is 0.780 e. The van der Waals surface area contributed by atoms with Crippen LogP contribution in [-0.2, 0) is 17.4 Å². The fourth-order valence-corrected chi connectivity index (χ4v) is 4.25. The first kappa shape index (κ1) is 31.0. The molecule has 0 radical (unpaired) electrons. The van der Waals surface area contributed by atoms with Crippen molar-refractivity contribution < 1.29 is 88.7 Å². The van der Waals surface area contributed by atoms with Gasteiger partial charge in [0.05, 0.1) is 0 Å². The van der Waals surface area contributed by atoms with Crippen molar-refractivity contribution in [3.8, 4) is 40.2 Å². The molecule has 12 nitrogen and oxygen atoms in total. The molecule has 0 fully saturated rings. The summed E-state index contributed by atoms with van der Waals surface area (Å²) in [6, 6.07) is 7.43. The number of phenolic OH excluding ortho intramolecular Hbond substituents is 6. The topological polar surface area (TPSA) is 228 Å². The van der Waals surface area contributed by atoms with Crippen LogP contribution >= 0.6 is 7.82 Å². The molecule has 0 aromatic heterocycles. The van der Waals surface area contributed by atoms with Gasteiger partial charge in [0.1, 0.15) is 59.2 Å². The molecule has 38 heavy (non-hydrogen) atoms. The first-order chi connectivity index (χ1) is 17.3. The Hall–Kier alpha value is -3.25. The van der Waals surface area contributed by atoms with Crippen molar-refractivity contribution in [2.24, 2.45) is 0 Å². The maximum atomic E-state index is 12.7. The van der Waals surface area contributed by atoms with Crippen molar-refractivity contribution in [2.45, 2.75) is 25.7 Å². The molecule has 0 saturated carbocycles. The molecule has 0 atom stereocenters. The van der Waals surface area contributed by atoms with Crippen molar-refractivity contribution >= 4 is 19.4 Å². The Labute approximate surface area is 237 Å². The van der Waals surface area contributed by atoms with Gasteiger partial charge in [0.15, 0.2) is 11.6 Å². The summed E-state index contributed by atoms with van der Waals surface area (Å²) in [5.74, 6) is -5.52. The first-order valence-electron chi connectivity index (χ1n) is 10.7. The second-order valence-corrected chi connectivity index (χ2v) is 9.07. The van der Waals surface area contributed by atoms with Crippen molar-refractivity contribution in [1.82, 2.24) is 0 Å². The largest absolute Gasteiger partial charge is 1.00 e. The molecule has 0 heterocycles. The predicted molar refractivity (Wildman–Crippen MR) is 123 cm³/mol. The molecule has 0 bridgehead atoms. The number of hydrogen-bond acceptors (Lipinski definition) is 12. The van der Waals surface area contributed by atoms with E-state index in [0.29, 0.717) is 5.56 Å². The molecule has 3 rings (SSSR count). The number of benzene rings is 3. The molecule has 3 aromatic carbocycles. The van der Waals surface area contributed by atoms with E-state index < -0.39 is 71.4 Å². The van der Waals surface area contributed by atoms with E-state index in [-0.39, 0.29) is 60.1 Å². The molecular formula is C24H21NaO12P-. The van der Waals surface area contributed by atoms with Crippen LogP contribution in [0.2, 0.25) is 0 Å². The Kier molecular flexibility index (Phi) is 10.2. The third-order valence-electron chi connectivity index (χ3n) is 5.38. The molecule has 0 aliphatic carbocycles. The summed E-state index contributed by atoms with van der Waals surface area (Å²) in [4.78, 5) is 47.8. The maximum absolute atomic E-state index is 12.7. The molecule has 6 N–H and O–H groups in total. The second kappa shape index (κ2) is 12.5. The van der Waals surface area contributed by atoms with Crippen molar-refractivity contribution in [2.75, 3.05) is 0 Å². The summed E-state index contributed by atoms with van der Waals surface area (Å²) in [6.07, 6.45) is -1.07. The Morgan fingerprint density at radius 1 is 0.737 bits per heavy atom. The quantitative estimate of drug-likeness (QED) is 0.0981. The van der Waals surface area contributed by atoms with Crippen LogP contribution in [-0.4, -0.2) is 42.2 Å². The number of phosphoric acid groups is 1. The van der Waals surface area contributed by atoms with E-state index in [0.717, 1.165) is 24.3 Å². The summed E-state index contributed by atoms with van der Waals surface area (Å²) in [5.41, 5.74) is -0.551. The van der Waals surface area contributed by atoms with Gasteiger partial charge in [-0.3, -0.25) is 9.59 Å². The van der Waals surface area contributed by atoms with Crippen LogP contribution in [0.4, 0.5) is 0 Å². The van der Waals surface area contributed by atoms with Gasteiger partial charge in [0.25, 0.3) is 0 Å². The van der Waals surface area contributed by atoms with Crippen LogP contribution in [0.25, 0.3) is 0 Å². The molecule has 196 valence electrons. The number of aryl methyl sites for hydroxylation is 1. The van der Waals surface area contributed by atoms with Crippen LogP contribution in [0.3, 0.4) is 0 Å². The normalized spacial score (nSPS) is 11.0. The zero-order chi connectivity index (χ0) is 27.5. The van der Waals surface area contributed by atoms with Gasteiger partial charge in [-0.05, 0) is 30.0 Å². The Bertz CT molecular complexity index is 1370. The summed E-state index contributed by atoms with van der Waals surface area (Å²) in [7, 11) is -5.51. The molecule has 3 aromatic rings. The molecule has 0 aliphatic rings. The molecular weight excluding hydrogens is 534 g/mol. The molecule has 0 saturated heterocycles. The Morgan fingerprint density at radius 2 is 1.16 bits per heavy atom. The number of ketones is 2. The SMILES string of the molecule is O=C(CCc1cccc(OP(=O)([O-])[O-])c1CCC(=O)c1c(O)cc(O)cc1O)c1c(O)cc(O)cc1O.[Na+]. The minimum atomic E-state index is -5.51. The van der Waals surface area contributed by atoms with E-state index in [9.17, 15) is 54.6 Å². The summed E-state index contributed by atoms with van der Waals surface area (Å²) >= 11 is 0. The first-order valence-corrected chi connectivity index (χ1v) is 12.1. The standard InChI is InChI=1S/C24H23O12P.Na/c25-13-8-18(29)23(19(30)9-13)16(27)6-4-12-2-1-3-22(36-37(33,34)35)15(12)5-7-17(28)24-20(31)10-14(26)11-21(24)32;/h1-3,8-11,25-26,29-32H,4-7H2,(H2,33,34,35);/q;+1/p-2. The van der Waals surface area contributed by atoms with Gasteiger partial charge in [-0.2, -0.15) is 0 Å². The number of Topliss-reactive ketones (excluding diaryl/α,β-unsaturated/α-hetero) is 2. The minimum absolute atomic E-state index is 0. The third kappa shape index (κ3) is 7.64. The average Bonchev–Trinajstić information content (AvgIpc) is 2.74. The van der Waals surface area contributed by atoms with Crippen LogP contribution < -0.4 is 43.9 Å². The number of phenols is 6. The van der Waals surface area contributed by atoms with Crippen LogP contribution in [0.5, 0.6) is 40.2 Å². The van der Waals surface area contributed by atoms with E-state index in [1.54, 1.807) is 0 Å². The minimum Gasteiger partial charge on any atom is -0.780 e. The number of hydrogen-bond donors (Lipinski definition) is 6. The van der Waals surface area contributed by atoms with Crippen LogP contribution in [0, 0.1) is 0 Å². The number of phosphoric ester groups is 1. The van der Waals surface area contributed by atoms with Gasteiger partial charge in [-0.1, -0.05) is 12.1 Å². The van der Waals surface area contributed by atoms with Crippen molar-refractivity contribution in [1.29, 1.82) is 0 Å². The van der Waals surface area contributed by atoms with Gasteiger partial charge in [0, 0.05) is 37.1 Å². The van der Waals surface area contributed by atoms with Crippen molar-refractivity contribution in [3.63, 3.8) is 0 Å². The molecule has 0 spiro atoms. The second-order valence-electron chi connectivity index (χ2n) is 8.00. The predicted octanol–water partition coefficient (Wildman–Crippen LogP) is -1.24. The molecule has 0 aliphatic heterocycles. The van der Waals surface area contributed by atoms with Crippen LogP contribution in [0.1, 0.15) is 44.7 Å². The van der Waals surface area contributed by atoms with Gasteiger partial charge >= 0.3 is 29.6 Å². The van der Waals surface area contributed by atoms with E-state index >= 15 is 0 Å². The van der Waals surface area contributed by atoms with E-state index in [2.05, 4.69) is 4.52 Å². The zero-order valence-electron chi connectivity index (χ0n) is 19.9. The summed E-state index contributed by atoms with van der Waals surface area (Å²) in [5, 5.41) is 58.6. The van der Waals surface area contributed by atoms with E-state index in [1.165, 1.54) is 18.2 Å². The van der Waals surface area contributed by atoms with Gasteiger partial charge in [0.2, 0.25) is 0 Å². The maximum Gasteiger partial charge on any atom is 1.00 e. The molecule has 0 unspecified atom stereocenters. The van der Waals surface area contributed by atoms with Gasteiger partial charge in [-0.25, -0.2) is 0 Å². The van der Waals surface area contributed by atoms with Gasteiger partial charge in [-0.15, -0.1) is 0 Å². The monoisotopic (exact) mass is 555 g/mol. The Morgan fingerprint density at radius 3 is 1.58 bits per heavy atom.